The summed E-state index contributed by atoms with van der Waals surface area (Å²) in [6.07, 6.45) is 2.37. The Morgan fingerprint density at radius 3 is 2.90 bits per heavy atom. The lowest BCUT2D eigenvalue weighted by Crippen LogP contribution is -2.16. The minimum atomic E-state index is -0.368. The van der Waals surface area contributed by atoms with Gasteiger partial charge in [0.05, 0.1) is 6.20 Å². The van der Waals surface area contributed by atoms with Crippen molar-refractivity contribution in [1.29, 1.82) is 0 Å². The number of aromatic amines is 2. The highest BCUT2D eigenvalue weighted by Gasteiger charge is 2.08. The summed E-state index contributed by atoms with van der Waals surface area (Å²) in [5.41, 5.74) is 2.57. The average molecular weight is 268 g/mol. The maximum absolute atomic E-state index is 12.0. The van der Waals surface area contributed by atoms with Gasteiger partial charge in [0, 0.05) is 28.5 Å². The number of aromatic nitrogens is 3. The zero-order chi connectivity index (χ0) is 14.1. The van der Waals surface area contributed by atoms with Gasteiger partial charge in [-0.25, -0.2) is 4.98 Å². The second kappa shape index (κ2) is 4.65. The van der Waals surface area contributed by atoms with Gasteiger partial charge < -0.3 is 15.3 Å². The monoisotopic (exact) mass is 268 g/mol. The van der Waals surface area contributed by atoms with Gasteiger partial charge in [-0.1, -0.05) is 0 Å². The van der Waals surface area contributed by atoms with Crippen LogP contribution in [-0.4, -0.2) is 20.9 Å². The van der Waals surface area contributed by atoms with E-state index in [1.165, 1.54) is 6.20 Å². The second-order valence-electron chi connectivity index (χ2n) is 4.50. The summed E-state index contributed by atoms with van der Waals surface area (Å²) in [5.74, 6) is -0.368. The number of nitrogens with zero attached hydrogens (tertiary/aromatic N) is 1. The number of hydrogen-bond donors (Lipinski definition) is 3. The number of carbonyl (C=O) groups excluding carboxylic acids is 1. The SMILES string of the molecule is Cc1cc2cc(NC(=O)c3c[nH]c(=O)cn3)ccc2[nH]1. The molecule has 20 heavy (non-hydrogen) atoms. The Morgan fingerprint density at radius 2 is 2.15 bits per heavy atom. The van der Waals surface area contributed by atoms with Crippen LogP contribution in [0.25, 0.3) is 10.9 Å². The van der Waals surface area contributed by atoms with Crippen molar-refractivity contribution in [3.05, 3.63) is 58.4 Å². The molecule has 3 aromatic rings. The van der Waals surface area contributed by atoms with Crippen molar-refractivity contribution in [3.8, 4) is 0 Å². The number of hydrogen-bond acceptors (Lipinski definition) is 3. The Morgan fingerprint density at radius 1 is 1.30 bits per heavy atom. The number of rotatable bonds is 2. The van der Waals surface area contributed by atoms with Gasteiger partial charge in [0.25, 0.3) is 11.5 Å². The van der Waals surface area contributed by atoms with E-state index in [4.69, 9.17) is 0 Å². The van der Waals surface area contributed by atoms with Crippen LogP contribution in [0.3, 0.4) is 0 Å². The fourth-order valence-corrected chi connectivity index (χ4v) is 2.02. The Balaban J connectivity index is 1.86. The van der Waals surface area contributed by atoms with E-state index in [0.29, 0.717) is 5.69 Å². The fourth-order valence-electron chi connectivity index (χ4n) is 2.02. The molecule has 0 unspecified atom stereocenters. The molecule has 3 N–H and O–H groups in total. The predicted octanol–water partition coefficient (Wildman–Crippen LogP) is 1.81. The van der Waals surface area contributed by atoms with Gasteiger partial charge >= 0.3 is 0 Å². The van der Waals surface area contributed by atoms with Crippen molar-refractivity contribution >= 4 is 22.5 Å². The summed E-state index contributed by atoms with van der Waals surface area (Å²) in [5, 5.41) is 3.76. The zero-order valence-corrected chi connectivity index (χ0v) is 10.7. The van der Waals surface area contributed by atoms with E-state index >= 15 is 0 Å². The van der Waals surface area contributed by atoms with Gasteiger partial charge in [0.15, 0.2) is 0 Å². The predicted molar refractivity (Wildman–Crippen MR) is 75.8 cm³/mol. The molecule has 1 amide bonds. The molecule has 0 bridgehead atoms. The van der Waals surface area contributed by atoms with Gasteiger partial charge in [0.1, 0.15) is 5.69 Å². The third-order valence-electron chi connectivity index (χ3n) is 2.92. The maximum Gasteiger partial charge on any atom is 0.275 e. The number of fused-ring (bicyclic) bond motifs is 1. The van der Waals surface area contributed by atoms with Crippen molar-refractivity contribution in [2.75, 3.05) is 5.32 Å². The summed E-state index contributed by atoms with van der Waals surface area (Å²) in [4.78, 5) is 32.3. The van der Waals surface area contributed by atoms with Gasteiger partial charge in [-0.2, -0.15) is 0 Å². The molecule has 0 aliphatic carbocycles. The zero-order valence-electron chi connectivity index (χ0n) is 10.7. The molecule has 2 aromatic heterocycles. The number of amides is 1. The lowest BCUT2D eigenvalue weighted by Gasteiger charge is -2.04. The van der Waals surface area contributed by atoms with Crippen molar-refractivity contribution in [3.63, 3.8) is 0 Å². The maximum atomic E-state index is 12.0. The highest BCUT2D eigenvalue weighted by atomic mass is 16.2. The highest BCUT2D eigenvalue weighted by molar-refractivity contribution is 6.03. The first kappa shape index (κ1) is 12.2. The van der Waals surface area contributed by atoms with Crippen LogP contribution in [-0.2, 0) is 0 Å². The lowest BCUT2D eigenvalue weighted by molar-refractivity contribution is 0.102. The smallest absolute Gasteiger partial charge is 0.275 e. The van der Waals surface area contributed by atoms with Crippen molar-refractivity contribution in [2.45, 2.75) is 6.92 Å². The number of benzene rings is 1. The van der Waals surface area contributed by atoms with Gasteiger partial charge in [-0.15, -0.1) is 0 Å². The third kappa shape index (κ3) is 2.31. The van der Waals surface area contributed by atoms with Gasteiger partial charge in [-0.3, -0.25) is 9.59 Å². The number of carbonyl (C=O) groups is 1. The summed E-state index contributed by atoms with van der Waals surface area (Å²) < 4.78 is 0. The number of anilines is 1. The van der Waals surface area contributed by atoms with Crippen molar-refractivity contribution < 1.29 is 4.79 Å². The third-order valence-corrected chi connectivity index (χ3v) is 2.92. The van der Waals surface area contributed by atoms with Crippen molar-refractivity contribution in [1.82, 2.24) is 15.0 Å². The second-order valence-corrected chi connectivity index (χ2v) is 4.50. The largest absolute Gasteiger partial charge is 0.359 e. The number of nitrogens with one attached hydrogen (secondary N) is 3. The van der Waals surface area contributed by atoms with Crippen LogP contribution in [0.4, 0.5) is 5.69 Å². The molecular formula is C14H12N4O2. The van der Waals surface area contributed by atoms with Crippen LogP contribution in [0, 0.1) is 6.92 Å². The van der Waals surface area contributed by atoms with E-state index in [9.17, 15) is 9.59 Å². The Kier molecular flexibility index (Phi) is 2.83. The molecule has 0 saturated carbocycles. The van der Waals surface area contributed by atoms with E-state index in [-0.39, 0.29) is 17.2 Å². The van der Waals surface area contributed by atoms with Gasteiger partial charge in [0.2, 0.25) is 0 Å². The summed E-state index contributed by atoms with van der Waals surface area (Å²) in [6, 6.07) is 7.59. The first-order valence-electron chi connectivity index (χ1n) is 6.07. The van der Waals surface area contributed by atoms with E-state index in [2.05, 4.69) is 20.3 Å². The first-order valence-corrected chi connectivity index (χ1v) is 6.07. The molecule has 6 heteroatoms. The quantitative estimate of drug-likeness (QED) is 0.662. The van der Waals surface area contributed by atoms with E-state index in [1.807, 2.05) is 31.2 Å². The summed E-state index contributed by atoms with van der Waals surface area (Å²) in [6.45, 7) is 1.97. The molecule has 0 atom stereocenters. The van der Waals surface area contributed by atoms with Gasteiger partial charge in [-0.05, 0) is 31.2 Å². The summed E-state index contributed by atoms with van der Waals surface area (Å²) >= 11 is 0. The molecule has 0 aliphatic heterocycles. The van der Waals surface area contributed by atoms with Crippen molar-refractivity contribution in [2.24, 2.45) is 0 Å². The van der Waals surface area contributed by atoms with Crippen LogP contribution in [0.5, 0.6) is 0 Å². The minimum Gasteiger partial charge on any atom is -0.359 e. The number of H-pyrrole nitrogens is 2. The molecule has 0 saturated heterocycles. The topological polar surface area (TPSA) is 90.6 Å². The van der Waals surface area contributed by atoms with Crippen LogP contribution in [0.2, 0.25) is 0 Å². The summed E-state index contributed by atoms with van der Waals surface area (Å²) in [7, 11) is 0. The van der Waals surface area contributed by atoms with Crippen LogP contribution < -0.4 is 10.9 Å². The van der Waals surface area contributed by atoms with Crippen LogP contribution in [0.15, 0.2) is 41.5 Å². The molecule has 100 valence electrons. The Hall–Kier alpha value is -2.89. The Labute approximate surface area is 113 Å². The lowest BCUT2D eigenvalue weighted by atomic mass is 10.2. The fraction of sp³-hybridized carbons (Fsp3) is 0.0714. The molecule has 0 radical (unpaired) electrons. The normalized spacial score (nSPS) is 10.7. The highest BCUT2D eigenvalue weighted by Crippen LogP contribution is 2.20. The molecule has 2 heterocycles. The first-order chi connectivity index (χ1) is 9.61. The average Bonchev–Trinajstić information content (AvgIpc) is 2.78. The standard InChI is InChI=1S/C14H12N4O2/c1-8-4-9-5-10(2-3-11(9)17-8)18-14(20)12-6-16-13(19)7-15-12/h2-7,17H,1H3,(H,16,19)(H,18,20). The molecule has 6 nitrogen and oxygen atoms in total. The molecular weight excluding hydrogens is 256 g/mol. The van der Waals surface area contributed by atoms with Crippen LogP contribution >= 0.6 is 0 Å². The molecule has 0 fully saturated rings. The van der Waals surface area contributed by atoms with E-state index < -0.39 is 0 Å². The minimum absolute atomic E-state index is 0.162. The molecule has 0 aliphatic rings. The molecule has 1 aromatic carbocycles. The van der Waals surface area contributed by atoms with Crippen LogP contribution in [0.1, 0.15) is 16.2 Å². The molecule has 0 spiro atoms. The Bertz CT molecular complexity index is 827. The van der Waals surface area contributed by atoms with E-state index in [1.54, 1.807) is 0 Å². The van der Waals surface area contributed by atoms with E-state index in [0.717, 1.165) is 22.8 Å². The molecule has 3 rings (SSSR count). The number of aryl methyl sites for hydroxylation is 1.